The number of nitrogen functional groups attached to an aromatic ring is 1. The van der Waals surface area contributed by atoms with E-state index < -0.39 is 5.91 Å². The molecular formula is C17H19N5O3S. The van der Waals surface area contributed by atoms with Crippen molar-refractivity contribution in [2.45, 2.75) is 19.8 Å². The molecular weight excluding hydrogens is 354 g/mol. The lowest BCUT2D eigenvalue weighted by Crippen LogP contribution is -2.14. The Labute approximate surface area is 154 Å². The summed E-state index contributed by atoms with van der Waals surface area (Å²) >= 11 is 1.33. The van der Waals surface area contributed by atoms with Crippen molar-refractivity contribution in [3.8, 4) is 11.5 Å². The number of nitrogens with two attached hydrogens (primary N) is 1. The number of anilines is 2. The molecule has 0 aliphatic carbocycles. The number of fused-ring (bicyclic) bond motifs is 1. The highest BCUT2D eigenvalue weighted by Crippen LogP contribution is 2.40. The summed E-state index contributed by atoms with van der Waals surface area (Å²) in [5, 5.41) is 13.2. The average molecular weight is 373 g/mol. The molecule has 8 nitrogen and oxygen atoms in total. The smallest absolute Gasteiger partial charge is 0.276 e. The number of aromatic nitrogens is 3. The van der Waals surface area contributed by atoms with Crippen molar-refractivity contribution >= 4 is 38.8 Å². The SMILES string of the molecule is COc1cc(N)c2ccnc(C(=O)Nc3nnc(C(C)C)s3)c2c1OC. The Kier molecular flexibility index (Phi) is 4.90. The number of carbonyl (C=O) groups excluding carboxylic acids is 1. The zero-order valence-electron chi connectivity index (χ0n) is 14.9. The van der Waals surface area contributed by atoms with E-state index in [2.05, 4.69) is 20.5 Å². The third-order valence-corrected chi connectivity index (χ3v) is 4.93. The summed E-state index contributed by atoms with van der Waals surface area (Å²) in [6.45, 7) is 4.02. The number of rotatable bonds is 5. The van der Waals surface area contributed by atoms with Gasteiger partial charge < -0.3 is 15.2 Å². The van der Waals surface area contributed by atoms with Gasteiger partial charge in [0.1, 0.15) is 10.7 Å². The van der Waals surface area contributed by atoms with Crippen LogP contribution in [-0.4, -0.2) is 35.3 Å². The Balaban J connectivity index is 2.08. The van der Waals surface area contributed by atoms with E-state index in [4.69, 9.17) is 15.2 Å². The summed E-state index contributed by atoms with van der Waals surface area (Å²) < 4.78 is 10.8. The maximum atomic E-state index is 12.8. The molecule has 0 aliphatic heterocycles. The van der Waals surface area contributed by atoms with Gasteiger partial charge in [-0.15, -0.1) is 10.2 Å². The average Bonchev–Trinajstić information content (AvgIpc) is 3.10. The number of nitrogens with one attached hydrogen (secondary N) is 1. The van der Waals surface area contributed by atoms with Gasteiger partial charge in [0.05, 0.1) is 19.6 Å². The van der Waals surface area contributed by atoms with Crippen molar-refractivity contribution in [2.75, 3.05) is 25.3 Å². The van der Waals surface area contributed by atoms with E-state index in [0.29, 0.717) is 33.1 Å². The maximum absolute atomic E-state index is 12.8. The molecule has 0 bridgehead atoms. The van der Waals surface area contributed by atoms with E-state index in [1.165, 1.54) is 31.8 Å². The van der Waals surface area contributed by atoms with Crippen LogP contribution in [0.25, 0.3) is 10.8 Å². The van der Waals surface area contributed by atoms with E-state index in [0.717, 1.165) is 5.01 Å². The summed E-state index contributed by atoms with van der Waals surface area (Å²) in [7, 11) is 3.01. The van der Waals surface area contributed by atoms with Crippen molar-refractivity contribution in [3.63, 3.8) is 0 Å². The Hall–Kier alpha value is -2.94. The minimum absolute atomic E-state index is 0.172. The van der Waals surface area contributed by atoms with Crippen molar-refractivity contribution in [3.05, 3.63) is 29.0 Å². The second kappa shape index (κ2) is 7.12. The third-order valence-electron chi connectivity index (χ3n) is 3.79. The first-order chi connectivity index (χ1) is 12.5. The van der Waals surface area contributed by atoms with Crippen LogP contribution in [0.5, 0.6) is 11.5 Å². The lowest BCUT2D eigenvalue weighted by Gasteiger charge is -2.14. The number of amides is 1. The van der Waals surface area contributed by atoms with E-state index >= 15 is 0 Å². The quantitative estimate of drug-likeness (QED) is 0.661. The molecule has 1 amide bonds. The Morgan fingerprint density at radius 2 is 2.04 bits per heavy atom. The van der Waals surface area contributed by atoms with E-state index in [1.807, 2.05) is 13.8 Å². The fourth-order valence-corrected chi connectivity index (χ4v) is 3.28. The number of pyridine rings is 1. The summed E-state index contributed by atoms with van der Waals surface area (Å²) in [4.78, 5) is 17.0. The highest BCUT2D eigenvalue weighted by atomic mass is 32.1. The zero-order valence-corrected chi connectivity index (χ0v) is 15.7. The molecule has 2 heterocycles. The maximum Gasteiger partial charge on any atom is 0.276 e. The van der Waals surface area contributed by atoms with Gasteiger partial charge in [-0.25, -0.2) is 0 Å². The van der Waals surface area contributed by atoms with Crippen molar-refractivity contribution in [2.24, 2.45) is 0 Å². The Morgan fingerprint density at radius 3 is 2.65 bits per heavy atom. The molecule has 0 fully saturated rings. The lowest BCUT2D eigenvalue weighted by atomic mass is 10.1. The summed E-state index contributed by atoms with van der Waals surface area (Å²) in [6, 6.07) is 3.38. The molecule has 136 valence electrons. The fraction of sp³-hybridized carbons (Fsp3) is 0.294. The van der Waals surface area contributed by atoms with E-state index in [9.17, 15) is 4.79 Å². The van der Waals surface area contributed by atoms with Crippen molar-refractivity contribution < 1.29 is 14.3 Å². The molecule has 0 saturated heterocycles. The normalized spacial score (nSPS) is 11.0. The number of hydrogen-bond donors (Lipinski definition) is 2. The van der Waals surface area contributed by atoms with Gasteiger partial charge in [-0.2, -0.15) is 0 Å². The Bertz CT molecular complexity index is 970. The van der Waals surface area contributed by atoms with Gasteiger partial charge in [0, 0.05) is 29.3 Å². The van der Waals surface area contributed by atoms with Crippen molar-refractivity contribution in [1.29, 1.82) is 0 Å². The molecule has 0 saturated carbocycles. The molecule has 3 aromatic rings. The van der Waals surface area contributed by atoms with Crippen LogP contribution in [0.1, 0.15) is 35.3 Å². The second-order valence-electron chi connectivity index (χ2n) is 5.84. The number of ether oxygens (including phenoxy) is 2. The molecule has 9 heteroatoms. The zero-order chi connectivity index (χ0) is 18.8. The molecule has 0 aliphatic rings. The summed E-state index contributed by atoms with van der Waals surface area (Å²) in [5.41, 5.74) is 6.74. The van der Waals surface area contributed by atoms with Gasteiger partial charge in [-0.05, 0) is 6.07 Å². The van der Waals surface area contributed by atoms with E-state index in [1.54, 1.807) is 12.1 Å². The first-order valence-electron chi connectivity index (χ1n) is 7.90. The molecule has 0 radical (unpaired) electrons. The monoisotopic (exact) mass is 373 g/mol. The number of nitrogens with zero attached hydrogens (tertiary/aromatic N) is 3. The first kappa shape index (κ1) is 17.9. The first-order valence-corrected chi connectivity index (χ1v) is 8.71. The molecule has 0 unspecified atom stereocenters. The van der Waals surface area contributed by atoms with Crippen LogP contribution in [0.3, 0.4) is 0 Å². The molecule has 3 N–H and O–H groups in total. The summed E-state index contributed by atoms with van der Waals surface area (Å²) in [6.07, 6.45) is 1.53. The molecule has 1 aromatic carbocycles. The van der Waals surface area contributed by atoms with Gasteiger partial charge in [0.2, 0.25) is 5.13 Å². The highest BCUT2D eigenvalue weighted by Gasteiger charge is 2.21. The van der Waals surface area contributed by atoms with Gasteiger partial charge >= 0.3 is 0 Å². The molecule has 2 aromatic heterocycles. The molecule has 3 rings (SSSR count). The van der Waals surface area contributed by atoms with Crippen LogP contribution in [0.4, 0.5) is 10.8 Å². The number of benzene rings is 1. The van der Waals surface area contributed by atoms with Crippen molar-refractivity contribution in [1.82, 2.24) is 15.2 Å². The minimum atomic E-state index is -0.423. The van der Waals surface area contributed by atoms with Gasteiger partial charge in [-0.1, -0.05) is 25.2 Å². The third kappa shape index (κ3) is 3.13. The largest absolute Gasteiger partial charge is 0.493 e. The van der Waals surface area contributed by atoms with Crippen LogP contribution in [-0.2, 0) is 0 Å². The highest BCUT2D eigenvalue weighted by molar-refractivity contribution is 7.15. The predicted molar refractivity (Wildman–Crippen MR) is 101 cm³/mol. The number of carbonyl (C=O) groups is 1. The topological polar surface area (TPSA) is 112 Å². The van der Waals surface area contributed by atoms with Gasteiger partial charge in [0.25, 0.3) is 5.91 Å². The lowest BCUT2D eigenvalue weighted by molar-refractivity contribution is 0.102. The Morgan fingerprint density at radius 1 is 1.27 bits per heavy atom. The second-order valence-corrected chi connectivity index (χ2v) is 6.85. The van der Waals surface area contributed by atoms with Gasteiger partial charge in [-0.3, -0.25) is 15.1 Å². The number of hydrogen-bond acceptors (Lipinski definition) is 8. The van der Waals surface area contributed by atoms with Crippen LogP contribution in [0.15, 0.2) is 18.3 Å². The van der Waals surface area contributed by atoms with Gasteiger partial charge in [0.15, 0.2) is 11.5 Å². The minimum Gasteiger partial charge on any atom is -0.493 e. The predicted octanol–water partition coefficient (Wildman–Crippen LogP) is 3.06. The molecule has 26 heavy (non-hydrogen) atoms. The summed E-state index contributed by atoms with van der Waals surface area (Å²) in [5.74, 6) is 0.638. The van der Waals surface area contributed by atoms with Crippen LogP contribution < -0.4 is 20.5 Å². The fourth-order valence-electron chi connectivity index (χ4n) is 2.54. The molecule has 0 spiro atoms. The number of methoxy groups -OCH3 is 2. The molecule has 0 atom stereocenters. The van der Waals surface area contributed by atoms with E-state index in [-0.39, 0.29) is 11.6 Å². The van der Waals surface area contributed by atoms with Crippen LogP contribution >= 0.6 is 11.3 Å². The van der Waals surface area contributed by atoms with Crippen LogP contribution in [0, 0.1) is 0 Å². The standard InChI is InChI=1S/C17H19N5O3S/c1-8(2)16-21-22-17(26-16)20-15(23)13-12-9(5-6-19-13)10(18)7-11(24-3)14(12)25-4/h5-8H,18H2,1-4H3,(H,20,22,23). The van der Waals surface area contributed by atoms with Crippen LogP contribution in [0.2, 0.25) is 0 Å².